The highest BCUT2D eigenvalue weighted by atomic mass is 19.4. The van der Waals surface area contributed by atoms with Gasteiger partial charge < -0.3 is 14.2 Å². The lowest BCUT2D eigenvalue weighted by Gasteiger charge is -2.17. The zero-order valence-corrected chi connectivity index (χ0v) is 14.8. The molecule has 1 fully saturated rings. The van der Waals surface area contributed by atoms with Gasteiger partial charge in [-0.15, -0.1) is 13.2 Å². The Morgan fingerprint density at radius 3 is 2.79 bits per heavy atom. The van der Waals surface area contributed by atoms with Crippen LogP contribution in [0.3, 0.4) is 0 Å². The molecule has 3 aromatic rings. The van der Waals surface area contributed by atoms with Crippen molar-refractivity contribution >= 4 is 5.69 Å². The molecule has 9 heteroatoms. The maximum atomic E-state index is 12.4. The number of hydrogen-bond donors (Lipinski definition) is 0. The number of rotatable bonds is 5. The average molecular weight is 390 g/mol. The molecule has 146 valence electrons. The van der Waals surface area contributed by atoms with Crippen LogP contribution in [-0.4, -0.2) is 34.6 Å². The van der Waals surface area contributed by atoms with Crippen LogP contribution < -0.4 is 9.64 Å². The molecule has 0 aliphatic carbocycles. The summed E-state index contributed by atoms with van der Waals surface area (Å²) in [5.41, 5.74) is 1.71. The summed E-state index contributed by atoms with van der Waals surface area (Å²) in [5, 5.41) is 3.98. The summed E-state index contributed by atoms with van der Waals surface area (Å²) in [4.78, 5) is 10.7. The summed E-state index contributed by atoms with van der Waals surface area (Å²) in [7, 11) is 0. The second kappa shape index (κ2) is 7.49. The van der Waals surface area contributed by atoms with E-state index in [0.717, 1.165) is 25.2 Å². The minimum absolute atomic E-state index is 0.120. The van der Waals surface area contributed by atoms with Gasteiger partial charge in [-0.2, -0.15) is 4.98 Å². The molecule has 0 N–H and O–H groups in total. The van der Waals surface area contributed by atoms with Crippen molar-refractivity contribution in [1.82, 2.24) is 15.1 Å². The molecule has 0 spiro atoms. The van der Waals surface area contributed by atoms with E-state index in [1.54, 1.807) is 18.5 Å². The van der Waals surface area contributed by atoms with Gasteiger partial charge >= 0.3 is 6.36 Å². The molecule has 1 unspecified atom stereocenters. The number of halogens is 3. The van der Waals surface area contributed by atoms with Crippen LogP contribution in [0.5, 0.6) is 5.75 Å². The van der Waals surface area contributed by atoms with E-state index >= 15 is 0 Å². The SMILES string of the molecule is FC(F)(F)Oc1cccc(Cc2noc(C3CCN(c4ccncc4)C3)n2)c1. The van der Waals surface area contributed by atoms with Crippen LogP contribution >= 0.6 is 0 Å². The van der Waals surface area contributed by atoms with Crippen LogP contribution in [0.2, 0.25) is 0 Å². The van der Waals surface area contributed by atoms with Crippen molar-refractivity contribution in [2.24, 2.45) is 0 Å². The van der Waals surface area contributed by atoms with Crippen molar-refractivity contribution in [1.29, 1.82) is 0 Å². The highest BCUT2D eigenvalue weighted by Crippen LogP contribution is 2.30. The normalized spacial score (nSPS) is 17.1. The topological polar surface area (TPSA) is 64.3 Å². The van der Waals surface area contributed by atoms with E-state index in [0.29, 0.717) is 17.3 Å². The van der Waals surface area contributed by atoms with E-state index in [-0.39, 0.29) is 18.1 Å². The fraction of sp³-hybridized carbons (Fsp3) is 0.316. The monoisotopic (exact) mass is 390 g/mol. The second-order valence-electron chi connectivity index (χ2n) is 6.56. The lowest BCUT2D eigenvalue weighted by atomic mass is 10.1. The molecule has 1 atom stereocenters. The zero-order valence-electron chi connectivity index (χ0n) is 14.8. The zero-order chi connectivity index (χ0) is 19.6. The van der Waals surface area contributed by atoms with Gasteiger partial charge in [0.25, 0.3) is 0 Å². The van der Waals surface area contributed by atoms with Gasteiger partial charge in [-0.25, -0.2) is 0 Å². The van der Waals surface area contributed by atoms with Gasteiger partial charge in [-0.3, -0.25) is 4.98 Å². The largest absolute Gasteiger partial charge is 0.573 e. The molecule has 0 radical (unpaired) electrons. The van der Waals surface area contributed by atoms with Crippen LogP contribution in [-0.2, 0) is 6.42 Å². The summed E-state index contributed by atoms with van der Waals surface area (Å²) >= 11 is 0. The third kappa shape index (κ3) is 4.41. The number of hydrogen-bond acceptors (Lipinski definition) is 6. The predicted molar refractivity (Wildman–Crippen MR) is 94.0 cm³/mol. The molecule has 0 amide bonds. The Bertz CT molecular complexity index is 930. The number of pyridine rings is 1. The predicted octanol–water partition coefficient (Wildman–Crippen LogP) is 3.95. The van der Waals surface area contributed by atoms with E-state index in [4.69, 9.17) is 4.52 Å². The summed E-state index contributed by atoms with van der Waals surface area (Å²) in [6.45, 7) is 1.64. The quantitative estimate of drug-likeness (QED) is 0.657. The second-order valence-corrected chi connectivity index (χ2v) is 6.56. The molecule has 4 rings (SSSR count). The molecule has 1 aliphatic heterocycles. The fourth-order valence-corrected chi connectivity index (χ4v) is 3.29. The molecular weight excluding hydrogens is 373 g/mol. The van der Waals surface area contributed by atoms with Crippen molar-refractivity contribution in [3.05, 3.63) is 66.1 Å². The van der Waals surface area contributed by atoms with E-state index in [1.165, 1.54) is 18.2 Å². The van der Waals surface area contributed by atoms with Gasteiger partial charge in [0.2, 0.25) is 5.89 Å². The van der Waals surface area contributed by atoms with Crippen LogP contribution in [0.1, 0.15) is 29.6 Å². The average Bonchev–Trinajstić information content (AvgIpc) is 3.31. The minimum Gasteiger partial charge on any atom is -0.406 e. The summed E-state index contributed by atoms with van der Waals surface area (Å²) in [5.74, 6) is 0.836. The Labute approximate surface area is 159 Å². The maximum absolute atomic E-state index is 12.4. The molecule has 2 aromatic heterocycles. The number of anilines is 1. The first-order valence-corrected chi connectivity index (χ1v) is 8.78. The number of nitrogens with zero attached hydrogens (tertiary/aromatic N) is 4. The van der Waals surface area contributed by atoms with Crippen molar-refractivity contribution < 1.29 is 22.4 Å². The Morgan fingerprint density at radius 1 is 1.18 bits per heavy atom. The van der Waals surface area contributed by atoms with Gasteiger partial charge in [0, 0.05) is 37.6 Å². The molecule has 6 nitrogen and oxygen atoms in total. The molecule has 1 aromatic carbocycles. The number of ether oxygens (including phenoxy) is 1. The van der Waals surface area contributed by atoms with Gasteiger partial charge in [-0.1, -0.05) is 17.3 Å². The van der Waals surface area contributed by atoms with Crippen LogP contribution in [0.25, 0.3) is 0 Å². The third-order valence-electron chi connectivity index (χ3n) is 4.54. The smallest absolute Gasteiger partial charge is 0.406 e. The first kappa shape index (κ1) is 18.3. The third-order valence-corrected chi connectivity index (χ3v) is 4.54. The van der Waals surface area contributed by atoms with E-state index < -0.39 is 6.36 Å². The van der Waals surface area contributed by atoms with E-state index in [9.17, 15) is 13.2 Å². The van der Waals surface area contributed by atoms with Crippen LogP contribution in [0, 0.1) is 0 Å². The fourth-order valence-electron chi connectivity index (χ4n) is 3.29. The maximum Gasteiger partial charge on any atom is 0.573 e. The number of aromatic nitrogens is 3. The Balaban J connectivity index is 1.41. The molecular formula is C19H17F3N4O2. The number of alkyl halides is 3. The van der Waals surface area contributed by atoms with Crippen LogP contribution in [0.4, 0.5) is 18.9 Å². The van der Waals surface area contributed by atoms with Crippen molar-refractivity contribution in [2.45, 2.75) is 25.1 Å². The first-order valence-electron chi connectivity index (χ1n) is 8.78. The van der Waals surface area contributed by atoms with Crippen molar-refractivity contribution in [3.63, 3.8) is 0 Å². The van der Waals surface area contributed by atoms with Gasteiger partial charge in [-0.05, 0) is 36.2 Å². The molecule has 1 aliphatic rings. The van der Waals surface area contributed by atoms with Crippen LogP contribution in [0.15, 0.2) is 53.3 Å². The molecule has 1 saturated heterocycles. The summed E-state index contributed by atoms with van der Waals surface area (Å²) < 4.78 is 46.4. The highest BCUT2D eigenvalue weighted by Gasteiger charge is 2.31. The lowest BCUT2D eigenvalue weighted by molar-refractivity contribution is -0.274. The van der Waals surface area contributed by atoms with Gasteiger partial charge in [0.1, 0.15) is 5.75 Å². The first-order chi connectivity index (χ1) is 13.5. The summed E-state index contributed by atoms with van der Waals surface area (Å²) in [6, 6.07) is 9.69. The van der Waals surface area contributed by atoms with Gasteiger partial charge in [0.15, 0.2) is 5.82 Å². The lowest BCUT2D eigenvalue weighted by Crippen LogP contribution is -2.19. The van der Waals surface area contributed by atoms with Gasteiger partial charge in [0.05, 0.1) is 5.92 Å². The summed E-state index contributed by atoms with van der Waals surface area (Å²) in [6.07, 6.45) is -0.0620. The van der Waals surface area contributed by atoms with Crippen molar-refractivity contribution in [2.75, 3.05) is 18.0 Å². The standard InChI is InChI=1S/C19H17F3N4O2/c20-19(21,22)27-16-3-1-2-13(10-16)11-17-24-18(28-25-17)14-6-9-26(12-14)15-4-7-23-8-5-15/h1-5,7-8,10,14H,6,9,11-12H2. The van der Waals surface area contributed by atoms with E-state index in [2.05, 4.69) is 24.8 Å². The molecule has 3 heterocycles. The molecule has 28 heavy (non-hydrogen) atoms. The van der Waals surface area contributed by atoms with Crippen molar-refractivity contribution in [3.8, 4) is 5.75 Å². The minimum atomic E-state index is -4.72. The Hall–Kier alpha value is -3.10. The highest BCUT2D eigenvalue weighted by molar-refractivity contribution is 5.46. The van der Waals surface area contributed by atoms with E-state index in [1.807, 2.05) is 12.1 Å². The molecule has 0 saturated carbocycles. The molecule has 0 bridgehead atoms. The number of benzene rings is 1. The Kier molecular flexibility index (Phi) is 4.89. The Morgan fingerprint density at radius 2 is 2.00 bits per heavy atom.